The Morgan fingerprint density at radius 1 is 1.16 bits per heavy atom. The molecule has 0 radical (unpaired) electrons. The van der Waals surface area contributed by atoms with Crippen molar-refractivity contribution in [2.24, 2.45) is 0 Å². The van der Waals surface area contributed by atoms with Crippen LogP contribution in [0.3, 0.4) is 0 Å². The van der Waals surface area contributed by atoms with Crippen LogP contribution < -0.4 is 10.1 Å². The minimum absolute atomic E-state index is 0.0647. The van der Waals surface area contributed by atoms with Gasteiger partial charge in [-0.25, -0.2) is 9.97 Å². The summed E-state index contributed by atoms with van der Waals surface area (Å²) in [5, 5.41) is 3.57. The molecule has 0 atom stereocenters. The second kappa shape index (κ2) is 7.00. The van der Waals surface area contributed by atoms with Crippen LogP contribution >= 0.6 is 0 Å². The number of anilines is 1. The summed E-state index contributed by atoms with van der Waals surface area (Å²) in [6, 6.07) is 10.4. The second-order valence-corrected chi connectivity index (χ2v) is 7.05. The molecule has 1 saturated carbocycles. The third-order valence-electron chi connectivity index (χ3n) is 5.38. The van der Waals surface area contributed by atoms with Crippen LogP contribution in [0.5, 0.6) is 5.75 Å². The van der Waals surface area contributed by atoms with E-state index in [-0.39, 0.29) is 5.41 Å². The van der Waals surface area contributed by atoms with Gasteiger partial charge in [-0.15, -0.1) is 0 Å². The summed E-state index contributed by atoms with van der Waals surface area (Å²) in [6.45, 7) is 2.44. The molecule has 0 unspecified atom stereocenters. The van der Waals surface area contributed by atoms with Gasteiger partial charge in [0.25, 0.3) is 0 Å². The lowest BCUT2D eigenvalue weighted by Gasteiger charge is -2.38. The Balaban J connectivity index is 1.53. The van der Waals surface area contributed by atoms with Crippen molar-refractivity contribution in [3.63, 3.8) is 0 Å². The first kappa shape index (κ1) is 16.3. The van der Waals surface area contributed by atoms with E-state index in [0.717, 1.165) is 50.0 Å². The number of hydrogen-bond acceptors (Lipinski definition) is 5. The molecule has 4 rings (SSSR count). The Morgan fingerprint density at radius 2 is 1.92 bits per heavy atom. The van der Waals surface area contributed by atoms with Crippen LogP contribution in [-0.2, 0) is 10.2 Å². The van der Waals surface area contributed by atoms with Crippen molar-refractivity contribution in [1.29, 1.82) is 0 Å². The maximum atomic E-state index is 5.62. The number of hydrogen-bond donors (Lipinski definition) is 1. The molecule has 1 saturated heterocycles. The van der Waals surface area contributed by atoms with Gasteiger partial charge in [0, 0.05) is 37.3 Å². The SMILES string of the molecule is COc1ccc(C2(CNc3ccnc(C4CC4)n3)CCOCC2)cc1. The van der Waals surface area contributed by atoms with Crippen molar-refractivity contribution in [3.05, 3.63) is 47.9 Å². The maximum Gasteiger partial charge on any atom is 0.133 e. The average Bonchev–Trinajstić information content (AvgIpc) is 3.53. The van der Waals surface area contributed by atoms with E-state index in [0.29, 0.717) is 5.92 Å². The molecule has 25 heavy (non-hydrogen) atoms. The molecule has 132 valence electrons. The quantitative estimate of drug-likeness (QED) is 0.872. The number of aromatic nitrogens is 2. The monoisotopic (exact) mass is 339 g/mol. The zero-order valence-corrected chi connectivity index (χ0v) is 14.7. The molecule has 1 aromatic carbocycles. The smallest absolute Gasteiger partial charge is 0.133 e. The normalized spacial score (nSPS) is 19.4. The first-order chi connectivity index (χ1) is 12.3. The summed E-state index contributed by atoms with van der Waals surface area (Å²) >= 11 is 0. The van der Waals surface area contributed by atoms with Crippen LogP contribution in [0.1, 0.15) is 43.0 Å². The molecule has 5 nitrogen and oxygen atoms in total. The Bertz CT molecular complexity index is 707. The molecule has 1 aliphatic heterocycles. The molecule has 2 heterocycles. The van der Waals surface area contributed by atoms with E-state index in [1.165, 1.54) is 18.4 Å². The van der Waals surface area contributed by atoms with Crippen LogP contribution in [-0.4, -0.2) is 36.8 Å². The van der Waals surface area contributed by atoms with Gasteiger partial charge in [0.15, 0.2) is 0 Å². The van der Waals surface area contributed by atoms with Gasteiger partial charge in [0.05, 0.1) is 7.11 Å². The van der Waals surface area contributed by atoms with Crippen LogP contribution in [0, 0.1) is 0 Å². The molecule has 1 aromatic heterocycles. The zero-order chi connectivity index (χ0) is 17.1. The number of benzene rings is 1. The Hall–Kier alpha value is -2.14. The fourth-order valence-corrected chi connectivity index (χ4v) is 3.54. The van der Waals surface area contributed by atoms with Gasteiger partial charge in [-0.3, -0.25) is 0 Å². The van der Waals surface area contributed by atoms with Crippen LogP contribution in [0.4, 0.5) is 5.82 Å². The lowest BCUT2D eigenvalue weighted by molar-refractivity contribution is 0.0543. The van der Waals surface area contributed by atoms with Gasteiger partial charge in [-0.1, -0.05) is 12.1 Å². The summed E-state index contributed by atoms with van der Waals surface area (Å²) in [5.41, 5.74) is 1.40. The van der Waals surface area contributed by atoms with E-state index in [4.69, 9.17) is 14.5 Å². The van der Waals surface area contributed by atoms with Crippen LogP contribution in [0.15, 0.2) is 36.5 Å². The number of nitrogens with one attached hydrogen (secondary N) is 1. The minimum atomic E-state index is 0.0647. The van der Waals surface area contributed by atoms with E-state index in [1.807, 2.05) is 24.4 Å². The van der Waals surface area contributed by atoms with Gasteiger partial charge in [0.2, 0.25) is 0 Å². The van der Waals surface area contributed by atoms with Crippen LogP contribution in [0.25, 0.3) is 0 Å². The highest BCUT2D eigenvalue weighted by Gasteiger charge is 2.34. The zero-order valence-electron chi connectivity index (χ0n) is 14.7. The fourth-order valence-electron chi connectivity index (χ4n) is 3.54. The highest BCUT2D eigenvalue weighted by atomic mass is 16.5. The molecular weight excluding hydrogens is 314 g/mol. The number of methoxy groups -OCH3 is 1. The molecule has 0 spiro atoms. The molecule has 2 aromatic rings. The fraction of sp³-hybridized carbons (Fsp3) is 0.500. The Morgan fingerprint density at radius 3 is 2.60 bits per heavy atom. The largest absolute Gasteiger partial charge is 0.497 e. The summed E-state index contributed by atoms with van der Waals surface area (Å²) < 4.78 is 10.9. The topological polar surface area (TPSA) is 56.3 Å². The van der Waals surface area contributed by atoms with E-state index in [9.17, 15) is 0 Å². The van der Waals surface area contributed by atoms with Gasteiger partial charge >= 0.3 is 0 Å². The van der Waals surface area contributed by atoms with E-state index < -0.39 is 0 Å². The third kappa shape index (κ3) is 3.61. The minimum Gasteiger partial charge on any atom is -0.497 e. The predicted molar refractivity (Wildman–Crippen MR) is 97.2 cm³/mol. The molecule has 1 N–H and O–H groups in total. The molecule has 1 aliphatic carbocycles. The van der Waals surface area contributed by atoms with Crippen LogP contribution in [0.2, 0.25) is 0 Å². The number of nitrogens with zero attached hydrogens (tertiary/aromatic N) is 2. The summed E-state index contributed by atoms with van der Waals surface area (Å²) in [7, 11) is 1.70. The standard InChI is InChI=1S/C20H25N3O2/c1-24-17-6-4-16(5-7-17)20(9-12-25-13-10-20)14-22-18-8-11-21-19(23-18)15-2-3-15/h4-8,11,15H,2-3,9-10,12-14H2,1H3,(H,21,22,23). The van der Waals surface area contributed by atoms with E-state index in [1.54, 1.807) is 7.11 Å². The Labute approximate surface area is 148 Å². The predicted octanol–water partition coefficient (Wildman–Crippen LogP) is 3.52. The highest BCUT2D eigenvalue weighted by molar-refractivity contribution is 5.39. The first-order valence-electron chi connectivity index (χ1n) is 9.08. The van der Waals surface area contributed by atoms with Crippen molar-refractivity contribution >= 4 is 5.82 Å². The van der Waals surface area contributed by atoms with Crippen molar-refractivity contribution in [1.82, 2.24) is 9.97 Å². The highest BCUT2D eigenvalue weighted by Crippen LogP contribution is 2.38. The molecule has 5 heteroatoms. The number of ether oxygens (including phenoxy) is 2. The third-order valence-corrected chi connectivity index (χ3v) is 5.38. The van der Waals surface area contributed by atoms with Gasteiger partial charge in [0.1, 0.15) is 17.4 Å². The van der Waals surface area contributed by atoms with Gasteiger partial charge < -0.3 is 14.8 Å². The van der Waals surface area contributed by atoms with Gasteiger partial charge in [-0.2, -0.15) is 0 Å². The Kier molecular flexibility index (Phi) is 4.57. The number of rotatable bonds is 6. The molecule has 2 aliphatic rings. The van der Waals surface area contributed by atoms with Crippen molar-refractivity contribution in [3.8, 4) is 5.75 Å². The lowest BCUT2D eigenvalue weighted by atomic mass is 9.74. The van der Waals surface area contributed by atoms with Gasteiger partial charge in [-0.05, 0) is 49.4 Å². The summed E-state index contributed by atoms with van der Waals surface area (Å²) in [6.07, 6.45) is 6.32. The molecule has 0 amide bonds. The summed E-state index contributed by atoms with van der Waals surface area (Å²) in [4.78, 5) is 9.10. The molecule has 0 bridgehead atoms. The lowest BCUT2D eigenvalue weighted by Crippen LogP contribution is -2.40. The summed E-state index contributed by atoms with van der Waals surface area (Å²) in [5.74, 6) is 3.37. The van der Waals surface area contributed by atoms with Crippen molar-refractivity contribution in [2.75, 3.05) is 32.2 Å². The maximum absolute atomic E-state index is 5.62. The van der Waals surface area contributed by atoms with E-state index >= 15 is 0 Å². The second-order valence-electron chi connectivity index (χ2n) is 7.05. The van der Waals surface area contributed by atoms with E-state index in [2.05, 4.69) is 22.4 Å². The average molecular weight is 339 g/mol. The molecule has 2 fully saturated rings. The first-order valence-corrected chi connectivity index (χ1v) is 9.08. The van der Waals surface area contributed by atoms with Crippen molar-refractivity contribution in [2.45, 2.75) is 37.0 Å². The molecular formula is C20H25N3O2. The van der Waals surface area contributed by atoms with Crippen molar-refractivity contribution < 1.29 is 9.47 Å².